The van der Waals surface area contributed by atoms with Crippen LogP contribution in [0.15, 0.2) is 12.1 Å². The van der Waals surface area contributed by atoms with E-state index in [2.05, 4.69) is 0 Å². The average molecular weight is 210 g/mol. The van der Waals surface area contributed by atoms with Crippen molar-refractivity contribution in [3.63, 3.8) is 0 Å². The second-order valence-corrected chi connectivity index (χ2v) is 4.43. The zero-order valence-corrected chi connectivity index (χ0v) is 9.02. The van der Waals surface area contributed by atoms with Crippen molar-refractivity contribution in [2.45, 2.75) is 44.9 Å². The van der Waals surface area contributed by atoms with Gasteiger partial charge in [0.2, 0.25) is 0 Å². The summed E-state index contributed by atoms with van der Waals surface area (Å²) in [5.74, 6) is -1.06. The molecule has 2 rings (SSSR count). The van der Waals surface area contributed by atoms with Gasteiger partial charge in [-0.3, -0.25) is 0 Å². The van der Waals surface area contributed by atoms with Crippen LogP contribution in [0.3, 0.4) is 0 Å². The van der Waals surface area contributed by atoms with E-state index >= 15 is 0 Å². The largest absolute Gasteiger partial charge is 0.203 e. The van der Waals surface area contributed by atoms with Gasteiger partial charge in [-0.25, -0.2) is 8.78 Å². The fraction of sp³-hybridized carbons (Fsp3) is 0.538. The van der Waals surface area contributed by atoms with Crippen LogP contribution in [0, 0.1) is 18.6 Å². The molecule has 15 heavy (non-hydrogen) atoms. The lowest BCUT2D eigenvalue weighted by Crippen LogP contribution is -2.08. The minimum atomic E-state index is -0.668. The van der Waals surface area contributed by atoms with Crippen molar-refractivity contribution in [3.8, 4) is 0 Å². The van der Waals surface area contributed by atoms with Crippen molar-refractivity contribution in [1.29, 1.82) is 0 Å². The van der Waals surface area contributed by atoms with Gasteiger partial charge in [-0.1, -0.05) is 31.4 Å². The lowest BCUT2D eigenvalue weighted by atomic mass is 9.83. The van der Waals surface area contributed by atoms with E-state index in [-0.39, 0.29) is 5.92 Å². The molecule has 1 saturated carbocycles. The highest BCUT2D eigenvalue weighted by Gasteiger charge is 2.21. The van der Waals surface area contributed by atoms with E-state index in [4.69, 9.17) is 0 Å². The molecule has 0 unspecified atom stereocenters. The summed E-state index contributed by atoms with van der Waals surface area (Å²) in [6, 6.07) is 3.44. The summed E-state index contributed by atoms with van der Waals surface area (Å²) >= 11 is 0. The number of hydrogen-bond donors (Lipinski definition) is 0. The van der Waals surface area contributed by atoms with Gasteiger partial charge in [0.25, 0.3) is 0 Å². The summed E-state index contributed by atoms with van der Waals surface area (Å²) in [7, 11) is 0. The van der Waals surface area contributed by atoms with Crippen molar-refractivity contribution in [2.24, 2.45) is 0 Å². The minimum absolute atomic E-state index is 0.230. The first-order chi connectivity index (χ1) is 7.20. The molecule has 0 amide bonds. The van der Waals surface area contributed by atoms with Gasteiger partial charge in [0, 0.05) is 0 Å². The molecule has 0 N–H and O–H groups in total. The Balaban J connectivity index is 2.31. The first kappa shape index (κ1) is 10.6. The van der Waals surface area contributed by atoms with Crippen LogP contribution in [-0.4, -0.2) is 0 Å². The molecule has 0 bridgehead atoms. The number of halogens is 2. The van der Waals surface area contributed by atoms with Gasteiger partial charge in [-0.2, -0.15) is 0 Å². The Labute approximate surface area is 89.3 Å². The summed E-state index contributed by atoms with van der Waals surface area (Å²) in [6.07, 6.45) is 5.50. The van der Waals surface area contributed by atoms with E-state index in [0.29, 0.717) is 11.1 Å². The van der Waals surface area contributed by atoms with Gasteiger partial charge >= 0.3 is 0 Å². The number of hydrogen-bond acceptors (Lipinski definition) is 0. The third kappa shape index (κ3) is 2.04. The Morgan fingerprint density at radius 1 is 1.00 bits per heavy atom. The standard InChI is InChI=1S/C13H16F2/c1-9-7-8-11(13(15)12(9)14)10-5-3-2-4-6-10/h7-8,10H,2-6H2,1H3. The second kappa shape index (κ2) is 4.30. The van der Waals surface area contributed by atoms with E-state index in [1.54, 1.807) is 19.1 Å². The lowest BCUT2D eigenvalue weighted by Gasteiger charge is -2.22. The highest BCUT2D eigenvalue weighted by atomic mass is 19.2. The molecule has 0 spiro atoms. The molecule has 0 nitrogen and oxygen atoms in total. The van der Waals surface area contributed by atoms with Gasteiger partial charge in [-0.05, 0) is 36.8 Å². The van der Waals surface area contributed by atoms with Crippen molar-refractivity contribution in [1.82, 2.24) is 0 Å². The molecule has 0 heterocycles. The van der Waals surface area contributed by atoms with Crippen molar-refractivity contribution < 1.29 is 8.78 Å². The Morgan fingerprint density at radius 2 is 1.67 bits per heavy atom. The first-order valence-electron chi connectivity index (χ1n) is 5.64. The molecule has 2 heteroatoms. The minimum Gasteiger partial charge on any atom is -0.203 e. The van der Waals surface area contributed by atoms with Gasteiger partial charge in [0.05, 0.1) is 0 Å². The number of benzene rings is 1. The van der Waals surface area contributed by atoms with Crippen LogP contribution in [0.25, 0.3) is 0 Å². The van der Waals surface area contributed by atoms with Crippen LogP contribution in [0.5, 0.6) is 0 Å². The predicted octanol–water partition coefficient (Wildman–Crippen LogP) is 4.32. The molecule has 1 aromatic carbocycles. The third-order valence-corrected chi connectivity index (χ3v) is 3.35. The second-order valence-electron chi connectivity index (χ2n) is 4.43. The summed E-state index contributed by atoms with van der Waals surface area (Å²) < 4.78 is 27.0. The SMILES string of the molecule is Cc1ccc(C2CCCCC2)c(F)c1F. The molecule has 0 aliphatic heterocycles. The molecule has 0 radical (unpaired) electrons. The average Bonchev–Trinajstić information content (AvgIpc) is 2.27. The lowest BCUT2D eigenvalue weighted by molar-refractivity contribution is 0.416. The highest BCUT2D eigenvalue weighted by Crippen LogP contribution is 2.34. The predicted molar refractivity (Wildman–Crippen MR) is 56.9 cm³/mol. The highest BCUT2D eigenvalue weighted by molar-refractivity contribution is 5.28. The van der Waals surface area contributed by atoms with Crippen molar-refractivity contribution in [2.75, 3.05) is 0 Å². The van der Waals surface area contributed by atoms with Crippen LogP contribution < -0.4 is 0 Å². The zero-order chi connectivity index (χ0) is 10.8. The van der Waals surface area contributed by atoms with E-state index in [0.717, 1.165) is 25.7 Å². The normalized spacial score (nSPS) is 18.1. The maximum absolute atomic E-state index is 13.7. The van der Waals surface area contributed by atoms with Gasteiger partial charge in [0.1, 0.15) is 0 Å². The molecule has 0 saturated heterocycles. The maximum Gasteiger partial charge on any atom is 0.162 e. The smallest absolute Gasteiger partial charge is 0.162 e. The molecular weight excluding hydrogens is 194 g/mol. The van der Waals surface area contributed by atoms with Crippen LogP contribution in [0.2, 0.25) is 0 Å². The van der Waals surface area contributed by atoms with Crippen molar-refractivity contribution in [3.05, 3.63) is 34.9 Å². The zero-order valence-electron chi connectivity index (χ0n) is 9.02. The Bertz CT molecular complexity index is 352. The van der Waals surface area contributed by atoms with Crippen LogP contribution in [0.4, 0.5) is 8.78 Å². The maximum atomic E-state index is 13.7. The Morgan fingerprint density at radius 3 is 2.33 bits per heavy atom. The molecule has 82 valence electrons. The van der Waals surface area contributed by atoms with E-state index in [9.17, 15) is 8.78 Å². The fourth-order valence-electron chi connectivity index (χ4n) is 2.39. The first-order valence-corrected chi connectivity index (χ1v) is 5.64. The molecule has 1 aliphatic carbocycles. The summed E-state index contributed by atoms with van der Waals surface area (Å²) in [5.41, 5.74) is 0.977. The molecule has 0 aromatic heterocycles. The van der Waals surface area contributed by atoms with Crippen LogP contribution in [-0.2, 0) is 0 Å². The Hall–Kier alpha value is -0.920. The van der Waals surface area contributed by atoms with Gasteiger partial charge < -0.3 is 0 Å². The molecule has 1 aromatic rings. The van der Waals surface area contributed by atoms with E-state index in [1.165, 1.54) is 6.42 Å². The summed E-state index contributed by atoms with van der Waals surface area (Å²) in [6.45, 7) is 1.60. The molecule has 1 aliphatic rings. The van der Waals surface area contributed by atoms with E-state index in [1.807, 2.05) is 0 Å². The summed E-state index contributed by atoms with van der Waals surface area (Å²) in [5, 5.41) is 0. The van der Waals surface area contributed by atoms with Gasteiger partial charge in [0.15, 0.2) is 11.6 Å². The number of aryl methyl sites for hydroxylation is 1. The topological polar surface area (TPSA) is 0 Å². The van der Waals surface area contributed by atoms with Gasteiger partial charge in [-0.15, -0.1) is 0 Å². The number of rotatable bonds is 1. The van der Waals surface area contributed by atoms with Crippen LogP contribution >= 0.6 is 0 Å². The van der Waals surface area contributed by atoms with Crippen LogP contribution in [0.1, 0.15) is 49.1 Å². The molecule has 0 atom stereocenters. The fourth-order valence-corrected chi connectivity index (χ4v) is 2.39. The monoisotopic (exact) mass is 210 g/mol. The molecular formula is C13H16F2. The summed E-state index contributed by atoms with van der Waals surface area (Å²) in [4.78, 5) is 0. The molecule has 1 fully saturated rings. The third-order valence-electron chi connectivity index (χ3n) is 3.35. The van der Waals surface area contributed by atoms with E-state index < -0.39 is 11.6 Å². The Kier molecular flexibility index (Phi) is 3.03. The quantitative estimate of drug-likeness (QED) is 0.647. The van der Waals surface area contributed by atoms with Crippen molar-refractivity contribution >= 4 is 0 Å².